The molecule has 0 spiro atoms. The van der Waals surface area contributed by atoms with E-state index in [0.29, 0.717) is 17.6 Å². The van der Waals surface area contributed by atoms with Crippen LogP contribution in [0.5, 0.6) is 5.75 Å². The molecule has 1 N–H and O–H groups in total. The summed E-state index contributed by atoms with van der Waals surface area (Å²) in [7, 11) is 0. The first-order valence-electron chi connectivity index (χ1n) is 10.1. The molecule has 0 fully saturated rings. The van der Waals surface area contributed by atoms with E-state index in [9.17, 15) is 9.59 Å². The van der Waals surface area contributed by atoms with Crippen LogP contribution in [0.3, 0.4) is 0 Å². The zero-order valence-corrected chi connectivity index (χ0v) is 16.9. The van der Waals surface area contributed by atoms with Crippen LogP contribution in [0.15, 0.2) is 77.4 Å². The summed E-state index contributed by atoms with van der Waals surface area (Å²) in [5, 5.41) is 3.29. The summed E-state index contributed by atoms with van der Waals surface area (Å²) in [5.41, 5.74) is 3.63. The Bertz CT molecular complexity index is 996. The molecule has 30 heavy (non-hydrogen) atoms. The minimum Gasteiger partial charge on any atom is -0.490 e. The van der Waals surface area contributed by atoms with Gasteiger partial charge in [-0.2, -0.15) is 0 Å². The van der Waals surface area contributed by atoms with Crippen molar-refractivity contribution >= 4 is 11.8 Å². The van der Waals surface area contributed by atoms with Gasteiger partial charge in [-0.1, -0.05) is 18.2 Å². The van der Waals surface area contributed by atoms with Gasteiger partial charge in [-0.25, -0.2) is 4.79 Å². The molecule has 1 aromatic heterocycles. The normalized spacial score (nSPS) is 18.6. The molecule has 1 atom stereocenters. The molecular weight excluding hydrogens is 380 g/mol. The number of allylic oxidation sites excluding steroid dienone is 3. The van der Waals surface area contributed by atoms with Gasteiger partial charge in [-0.05, 0) is 49.6 Å². The smallest absolute Gasteiger partial charge is 0.336 e. The molecule has 154 valence electrons. The Kier molecular flexibility index (Phi) is 5.93. The molecule has 2 aliphatic rings. The SMILES string of the molecule is CC1=C(C(=O)OCCOc2ccccc2)[C@@H](c2ccncc2)C2=C(CCCC2=O)N1. The molecule has 0 radical (unpaired) electrons. The van der Waals surface area contributed by atoms with Gasteiger partial charge in [0.2, 0.25) is 0 Å². The summed E-state index contributed by atoms with van der Waals surface area (Å²) in [6, 6.07) is 13.1. The van der Waals surface area contributed by atoms with Gasteiger partial charge in [0.05, 0.1) is 5.57 Å². The molecule has 2 aromatic rings. The summed E-state index contributed by atoms with van der Waals surface area (Å²) in [5.74, 6) is -0.0840. The van der Waals surface area contributed by atoms with Gasteiger partial charge in [0.1, 0.15) is 19.0 Å². The number of para-hydroxylation sites is 1. The van der Waals surface area contributed by atoms with Crippen LogP contribution < -0.4 is 10.1 Å². The van der Waals surface area contributed by atoms with Crippen LogP contribution >= 0.6 is 0 Å². The molecule has 2 heterocycles. The lowest BCUT2D eigenvalue weighted by Crippen LogP contribution is -2.34. The Morgan fingerprint density at radius 3 is 2.63 bits per heavy atom. The Hall–Kier alpha value is -3.41. The molecule has 1 aliphatic heterocycles. The second-order valence-corrected chi connectivity index (χ2v) is 7.34. The average Bonchev–Trinajstić information content (AvgIpc) is 2.77. The lowest BCUT2D eigenvalue weighted by Gasteiger charge is -2.34. The lowest BCUT2D eigenvalue weighted by molar-refractivity contribution is -0.140. The molecule has 6 heteroatoms. The number of ketones is 1. The van der Waals surface area contributed by atoms with Gasteiger partial charge in [0.15, 0.2) is 5.78 Å². The number of nitrogens with zero attached hydrogens (tertiary/aromatic N) is 1. The van der Waals surface area contributed by atoms with Crippen molar-refractivity contribution in [2.75, 3.05) is 13.2 Å². The topological polar surface area (TPSA) is 77.5 Å². The Morgan fingerprint density at radius 1 is 1.10 bits per heavy atom. The Balaban J connectivity index is 1.54. The van der Waals surface area contributed by atoms with Crippen molar-refractivity contribution in [3.8, 4) is 5.75 Å². The largest absolute Gasteiger partial charge is 0.490 e. The van der Waals surface area contributed by atoms with Crippen LogP contribution in [0, 0.1) is 0 Å². The van der Waals surface area contributed by atoms with Gasteiger partial charge in [0.25, 0.3) is 0 Å². The maximum atomic E-state index is 13.1. The van der Waals surface area contributed by atoms with Crippen LogP contribution in [-0.2, 0) is 14.3 Å². The molecule has 0 saturated carbocycles. The van der Waals surface area contributed by atoms with Crippen LogP contribution in [0.25, 0.3) is 0 Å². The predicted octanol–water partition coefficient (Wildman–Crippen LogP) is 3.67. The number of esters is 1. The zero-order valence-electron chi connectivity index (χ0n) is 16.9. The average molecular weight is 404 g/mol. The lowest BCUT2D eigenvalue weighted by atomic mass is 9.75. The number of Topliss-reactive ketones (excluding diaryl/α,β-unsaturated/α-hetero) is 1. The van der Waals surface area contributed by atoms with Crippen molar-refractivity contribution in [3.05, 3.63) is 83.0 Å². The fourth-order valence-electron chi connectivity index (χ4n) is 4.03. The Morgan fingerprint density at radius 2 is 1.87 bits per heavy atom. The fourth-order valence-corrected chi connectivity index (χ4v) is 4.03. The predicted molar refractivity (Wildman–Crippen MR) is 112 cm³/mol. The van der Waals surface area contributed by atoms with Crippen molar-refractivity contribution in [2.24, 2.45) is 0 Å². The molecule has 0 unspecified atom stereocenters. The number of carbonyl (C=O) groups excluding carboxylic acids is 2. The number of aromatic nitrogens is 1. The van der Waals surface area contributed by atoms with Gasteiger partial charge in [-0.3, -0.25) is 9.78 Å². The number of benzene rings is 1. The number of rotatable bonds is 6. The zero-order chi connectivity index (χ0) is 20.9. The van der Waals surface area contributed by atoms with Gasteiger partial charge < -0.3 is 14.8 Å². The third-order valence-corrected chi connectivity index (χ3v) is 5.36. The summed E-state index contributed by atoms with van der Waals surface area (Å²) in [4.78, 5) is 29.9. The van der Waals surface area contributed by atoms with Crippen LogP contribution in [0.1, 0.15) is 37.7 Å². The van der Waals surface area contributed by atoms with E-state index in [-0.39, 0.29) is 19.0 Å². The highest BCUT2D eigenvalue weighted by Gasteiger charge is 2.39. The number of carbonyl (C=O) groups is 2. The van der Waals surface area contributed by atoms with E-state index in [1.165, 1.54) is 0 Å². The summed E-state index contributed by atoms with van der Waals surface area (Å²) < 4.78 is 11.1. The molecule has 1 aromatic carbocycles. The van der Waals surface area contributed by atoms with Gasteiger partial charge >= 0.3 is 5.97 Å². The van der Waals surface area contributed by atoms with Gasteiger partial charge in [0, 0.05) is 41.7 Å². The summed E-state index contributed by atoms with van der Waals surface area (Å²) >= 11 is 0. The first kappa shape index (κ1) is 19.9. The van der Waals surface area contributed by atoms with E-state index in [1.807, 2.05) is 49.4 Å². The fraction of sp³-hybridized carbons (Fsp3) is 0.292. The highest BCUT2D eigenvalue weighted by atomic mass is 16.6. The number of ether oxygens (including phenoxy) is 2. The highest BCUT2D eigenvalue weighted by molar-refractivity contribution is 6.03. The summed E-state index contributed by atoms with van der Waals surface area (Å²) in [6.45, 7) is 2.23. The molecule has 0 bridgehead atoms. The first-order chi connectivity index (χ1) is 14.6. The van der Waals surface area contributed by atoms with Crippen LogP contribution in [0.4, 0.5) is 0 Å². The van der Waals surface area contributed by atoms with Crippen molar-refractivity contribution in [3.63, 3.8) is 0 Å². The number of dihydropyridines is 1. The maximum Gasteiger partial charge on any atom is 0.336 e. The second kappa shape index (κ2) is 8.95. The second-order valence-electron chi connectivity index (χ2n) is 7.34. The van der Waals surface area contributed by atoms with Crippen LogP contribution in [-0.4, -0.2) is 30.0 Å². The van der Waals surface area contributed by atoms with Gasteiger partial charge in [-0.15, -0.1) is 0 Å². The number of nitrogens with one attached hydrogen (secondary N) is 1. The summed E-state index contributed by atoms with van der Waals surface area (Å²) in [6.07, 6.45) is 5.47. The monoisotopic (exact) mass is 404 g/mol. The van der Waals surface area contributed by atoms with E-state index in [0.717, 1.165) is 35.5 Å². The van der Waals surface area contributed by atoms with E-state index >= 15 is 0 Å². The minimum absolute atomic E-state index is 0.0794. The minimum atomic E-state index is -0.445. The Labute approximate surface area is 175 Å². The highest BCUT2D eigenvalue weighted by Crippen LogP contribution is 2.42. The van der Waals surface area contributed by atoms with Crippen molar-refractivity contribution in [1.82, 2.24) is 10.3 Å². The number of pyridine rings is 1. The molecule has 6 nitrogen and oxygen atoms in total. The van der Waals surface area contributed by atoms with Crippen molar-refractivity contribution in [2.45, 2.75) is 32.1 Å². The molecule has 1 aliphatic carbocycles. The molecule has 0 saturated heterocycles. The molecule has 0 amide bonds. The van der Waals surface area contributed by atoms with Crippen molar-refractivity contribution in [1.29, 1.82) is 0 Å². The number of hydrogen-bond acceptors (Lipinski definition) is 6. The quantitative estimate of drug-likeness (QED) is 0.585. The number of hydrogen-bond donors (Lipinski definition) is 1. The van der Waals surface area contributed by atoms with E-state index in [4.69, 9.17) is 9.47 Å². The third-order valence-electron chi connectivity index (χ3n) is 5.36. The third kappa shape index (κ3) is 4.13. The van der Waals surface area contributed by atoms with E-state index < -0.39 is 11.9 Å². The standard InChI is InChI=1S/C24H24N2O4/c1-16-21(24(28)30-15-14-29-18-6-3-2-4-7-18)22(17-10-12-25-13-11-17)23-19(26-16)8-5-9-20(23)27/h2-4,6-7,10-13,22,26H,5,8-9,14-15H2,1H3/t22-/m1/s1. The molecular formula is C24H24N2O4. The van der Waals surface area contributed by atoms with E-state index in [1.54, 1.807) is 12.4 Å². The molecule has 4 rings (SSSR count). The van der Waals surface area contributed by atoms with Crippen molar-refractivity contribution < 1.29 is 19.1 Å². The van der Waals surface area contributed by atoms with E-state index in [2.05, 4.69) is 10.3 Å². The first-order valence-corrected chi connectivity index (χ1v) is 10.1. The van der Waals surface area contributed by atoms with Crippen LogP contribution in [0.2, 0.25) is 0 Å². The maximum absolute atomic E-state index is 13.1.